The molecule has 0 saturated carbocycles. The summed E-state index contributed by atoms with van der Waals surface area (Å²) >= 11 is 0. The quantitative estimate of drug-likeness (QED) is 0.561. The summed E-state index contributed by atoms with van der Waals surface area (Å²) in [6, 6.07) is 25.4. The molecule has 0 aliphatic rings. The molecule has 0 aliphatic heterocycles. The Morgan fingerprint density at radius 3 is 2.25 bits per heavy atom. The number of benzene rings is 3. The molecule has 3 rings (SSSR count). The van der Waals surface area contributed by atoms with Gasteiger partial charge in [-0.15, -0.1) is 0 Å². The summed E-state index contributed by atoms with van der Waals surface area (Å²) in [6.45, 7) is 1.59. The third-order valence-corrected chi connectivity index (χ3v) is 4.40. The zero-order valence-corrected chi connectivity index (χ0v) is 13.9. The molecule has 0 fully saturated rings. The molecule has 0 heterocycles. The maximum absolute atomic E-state index is 11.3. The molecular weight excluding hydrogens is 294 g/mol. The van der Waals surface area contributed by atoms with Gasteiger partial charge >= 0.3 is 0 Å². The highest BCUT2D eigenvalue weighted by Crippen LogP contribution is 2.16. The van der Waals surface area contributed by atoms with E-state index >= 15 is 0 Å². The van der Waals surface area contributed by atoms with E-state index in [9.17, 15) is 4.79 Å². The SMILES string of the molecule is O=CN(CCCc1ccccc1)CCc1ccc2ccccc2c1. The largest absolute Gasteiger partial charge is 0.345 e. The van der Waals surface area contributed by atoms with Crippen LogP contribution in [0, 0.1) is 0 Å². The molecule has 1 amide bonds. The van der Waals surface area contributed by atoms with E-state index in [1.165, 1.54) is 21.9 Å². The normalized spacial score (nSPS) is 10.7. The summed E-state index contributed by atoms with van der Waals surface area (Å²) < 4.78 is 0. The third kappa shape index (κ3) is 4.45. The first-order chi connectivity index (χ1) is 11.8. The van der Waals surface area contributed by atoms with E-state index in [2.05, 4.69) is 66.7 Å². The number of carbonyl (C=O) groups is 1. The summed E-state index contributed by atoms with van der Waals surface area (Å²) in [6.07, 6.45) is 3.89. The van der Waals surface area contributed by atoms with Crippen molar-refractivity contribution < 1.29 is 4.79 Å². The van der Waals surface area contributed by atoms with Crippen LogP contribution in [0.1, 0.15) is 17.5 Å². The van der Waals surface area contributed by atoms with Gasteiger partial charge in [0.15, 0.2) is 0 Å². The molecule has 0 unspecified atom stereocenters. The average molecular weight is 317 g/mol. The van der Waals surface area contributed by atoms with Crippen molar-refractivity contribution in [3.63, 3.8) is 0 Å². The van der Waals surface area contributed by atoms with Gasteiger partial charge in [-0.1, -0.05) is 72.8 Å². The molecule has 0 aromatic heterocycles. The van der Waals surface area contributed by atoms with E-state index < -0.39 is 0 Å². The van der Waals surface area contributed by atoms with Crippen LogP contribution in [0.2, 0.25) is 0 Å². The number of aryl methyl sites for hydroxylation is 1. The smallest absolute Gasteiger partial charge is 0.209 e. The Morgan fingerprint density at radius 1 is 0.708 bits per heavy atom. The fourth-order valence-electron chi connectivity index (χ4n) is 3.02. The van der Waals surface area contributed by atoms with E-state index in [1.807, 2.05) is 11.0 Å². The van der Waals surface area contributed by atoms with Crippen molar-refractivity contribution in [2.24, 2.45) is 0 Å². The molecule has 0 bridgehead atoms. The standard InChI is InChI=1S/C22H23NO/c24-18-23(15-6-9-19-7-2-1-3-8-19)16-14-20-12-13-21-10-4-5-11-22(21)17-20/h1-5,7-8,10-13,17-18H,6,9,14-16H2. The van der Waals surface area contributed by atoms with Gasteiger partial charge in [-0.05, 0) is 41.2 Å². The fraction of sp³-hybridized carbons (Fsp3) is 0.227. The zero-order chi connectivity index (χ0) is 16.6. The number of nitrogens with zero attached hydrogens (tertiary/aromatic N) is 1. The molecule has 24 heavy (non-hydrogen) atoms. The predicted octanol–water partition coefficient (Wildman–Crippen LogP) is 4.47. The number of hydrogen-bond donors (Lipinski definition) is 0. The molecule has 0 radical (unpaired) electrons. The van der Waals surface area contributed by atoms with Gasteiger partial charge in [0.25, 0.3) is 0 Å². The van der Waals surface area contributed by atoms with Crippen molar-refractivity contribution in [2.75, 3.05) is 13.1 Å². The molecule has 3 aromatic carbocycles. The number of hydrogen-bond acceptors (Lipinski definition) is 1. The van der Waals surface area contributed by atoms with E-state index in [4.69, 9.17) is 0 Å². The Labute approximate surface area is 143 Å². The lowest BCUT2D eigenvalue weighted by Gasteiger charge is -2.17. The third-order valence-electron chi connectivity index (χ3n) is 4.40. The first-order valence-corrected chi connectivity index (χ1v) is 8.56. The Morgan fingerprint density at radius 2 is 1.46 bits per heavy atom. The Kier molecular flexibility index (Phi) is 5.62. The van der Waals surface area contributed by atoms with Gasteiger partial charge in [0.2, 0.25) is 6.41 Å². The zero-order valence-electron chi connectivity index (χ0n) is 13.9. The second kappa shape index (κ2) is 8.30. The number of fused-ring (bicyclic) bond motifs is 1. The minimum atomic E-state index is 0.774. The maximum Gasteiger partial charge on any atom is 0.209 e. The highest BCUT2D eigenvalue weighted by atomic mass is 16.1. The van der Waals surface area contributed by atoms with Gasteiger partial charge < -0.3 is 4.90 Å². The van der Waals surface area contributed by atoms with Crippen molar-refractivity contribution in [3.05, 3.63) is 83.9 Å². The molecule has 0 aliphatic carbocycles. The first-order valence-electron chi connectivity index (χ1n) is 8.56. The summed E-state index contributed by atoms with van der Waals surface area (Å²) in [4.78, 5) is 13.2. The van der Waals surface area contributed by atoms with Gasteiger partial charge in [-0.2, -0.15) is 0 Å². The summed E-state index contributed by atoms with van der Waals surface area (Å²) in [7, 11) is 0. The van der Waals surface area contributed by atoms with Crippen LogP contribution in [0.15, 0.2) is 72.8 Å². The van der Waals surface area contributed by atoms with Gasteiger partial charge in [-0.3, -0.25) is 4.79 Å². The molecule has 3 aromatic rings. The van der Waals surface area contributed by atoms with E-state index in [0.29, 0.717) is 0 Å². The van der Waals surface area contributed by atoms with Crippen LogP contribution in [0.25, 0.3) is 10.8 Å². The Balaban J connectivity index is 1.50. The lowest BCUT2D eigenvalue weighted by Crippen LogP contribution is -2.26. The van der Waals surface area contributed by atoms with Crippen LogP contribution in [-0.4, -0.2) is 24.4 Å². The predicted molar refractivity (Wildman–Crippen MR) is 100 cm³/mol. The van der Waals surface area contributed by atoms with Gasteiger partial charge in [0.1, 0.15) is 0 Å². The topological polar surface area (TPSA) is 20.3 Å². The van der Waals surface area contributed by atoms with Crippen molar-refractivity contribution in [1.29, 1.82) is 0 Å². The van der Waals surface area contributed by atoms with Crippen molar-refractivity contribution in [3.8, 4) is 0 Å². The highest BCUT2D eigenvalue weighted by Gasteiger charge is 2.03. The molecule has 2 heteroatoms. The molecule has 0 saturated heterocycles. The Bertz CT molecular complexity index is 782. The monoisotopic (exact) mass is 317 g/mol. The van der Waals surface area contributed by atoms with Crippen LogP contribution in [-0.2, 0) is 17.6 Å². The van der Waals surface area contributed by atoms with Crippen molar-refractivity contribution >= 4 is 17.2 Å². The van der Waals surface area contributed by atoms with Gasteiger partial charge in [0.05, 0.1) is 0 Å². The van der Waals surface area contributed by atoms with Crippen LogP contribution >= 0.6 is 0 Å². The molecule has 0 N–H and O–H groups in total. The van der Waals surface area contributed by atoms with E-state index in [1.54, 1.807) is 0 Å². The lowest BCUT2D eigenvalue weighted by molar-refractivity contribution is -0.118. The molecule has 2 nitrogen and oxygen atoms in total. The van der Waals surface area contributed by atoms with Gasteiger partial charge in [0, 0.05) is 13.1 Å². The summed E-state index contributed by atoms with van der Waals surface area (Å²) in [5.74, 6) is 0. The first kappa shape index (κ1) is 16.3. The summed E-state index contributed by atoms with van der Waals surface area (Å²) in [5, 5.41) is 2.52. The second-order valence-electron chi connectivity index (χ2n) is 6.16. The number of amides is 1. The molecular formula is C22H23NO. The minimum absolute atomic E-state index is 0.774. The highest BCUT2D eigenvalue weighted by molar-refractivity contribution is 5.82. The van der Waals surface area contributed by atoms with E-state index in [-0.39, 0.29) is 0 Å². The fourth-order valence-corrected chi connectivity index (χ4v) is 3.02. The van der Waals surface area contributed by atoms with Crippen molar-refractivity contribution in [2.45, 2.75) is 19.3 Å². The second-order valence-corrected chi connectivity index (χ2v) is 6.16. The van der Waals surface area contributed by atoms with Crippen LogP contribution in [0.5, 0.6) is 0 Å². The van der Waals surface area contributed by atoms with Gasteiger partial charge in [-0.25, -0.2) is 0 Å². The van der Waals surface area contributed by atoms with Crippen molar-refractivity contribution in [1.82, 2.24) is 4.90 Å². The molecule has 0 spiro atoms. The maximum atomic E-state index is 11.3. The van der Waals surface area contributed by atoms with E-state index in [0.717, 1.165) is 38.8 Å². The number of rotatable bonds is 8. The molecule has 0 atom stereocenters. The van der Waals surface area contributed by atoms with Crippen LogP contribution in [0.3, 0.4) is 0 Å². The van der Waals surface area contributed by atoms with Crippen LogP contribution in [0.4, 0.5) is 0 Å². The average Bonchev–Trinajstić information content (AvgIpc) is 2.65. The lowest BCUT2D eigenvalue weighted by atomic mass is 10.0. The summed E-state index contributed by atoms with van der Waals surface area (Å²) in [5.41, 5.74) is 2.61. The Hall–Kier alpha value is -2.61. The minimum Gasteiger partial charge on any atom is -0.345 e. The number of carbonyl (C=O) groups excluding carboxylic acids is 1. The molecule has 122 valence electrons. The van der Waals surface area contributed by atoms with Crippen LogP contribution < -0.4 is 0 Å².